The number of aromatic nitrogens is 3. The highest BCUT2D eigenvalue weighted by atomic mass is 14.9. The Morgan fingerprint density at radius 1 is 0.455 bits per heavy atom. The molecule has 0 saturated carbocycles. The summed E-state index contributed by atoms with van der Waals surface area (Å²) in [6, 6.07) is 24.5. The topological polar surface area (TPSA) is 38.7 Å². The predicted molar refractivity (Wildman–Crippen MR) is 89.2 cm³/mol. The third kappa shape index (κ3) is 3.52. The van der Waals surface area contributed by atoms with E-state index >= 15 is 0 Å². The summed E-state index contributed by atoms with van der Waals surface area (Å²) in [6.07, 6.45) is 5.00. The smallest absolute Gasteiger partial charge is 0.178 e. The van der Waals surface area contributed by atoms with Crippen LogP contribution in [-0.2, 0) is 0 Å². The third-order valence-corrected chi connectivity index (χ3v) is 3.12. The molecule has 3 heteroatoms. The van der Waals surface area contributed by atoms with Crippen molar-refractivity contribution in [3.05, 3.63) is 91.4 Å². The molecule has 3 nitrogen and oxygen atoms in total. The van der Waals surface area contributed by atoms with Gasteiger partial charge in [-0.25, -0.2) is 9.97 Å². The molecule has 0 saturated heterocycles. The highest BCUT2D eigenvalue weighted by Gasteiger charge is 1.92. The molecule has 0 spiro atoms. The summed E-state index contributed by atoms with van der Waals surface area (Å²) >= 11 is 0. The molecule has 2 heterocycles. The van der Waals surface area contributed by atoms with Crippen molar-refractivity contribution in [3.63, 3.8) is 0 Å². The van der Waals surface area contributed by atoms with Gasteiger partial charge in [0.25, 0.3) is 0 Å². The molecule has 4 rings (SSSR count). The molecular weight excluding hydrogens is 270 g/mol. The fourth-order valence-electron chi connectivity index (χ4n) is 2.07. The van der Waals surface area contributed by atoms with Crippen molar-refractivity contribution >= 4 is 11.2 Å². The van der Waals surface area contributed by atoms with Gasteiger partial charge < -0.3 is 0 Å². The lowest BCUT2D eigenvalue weighted by Gasteiger charge is -1.98. The Morgan fingerprint density at radius 3 is 1.59 bits per heavy atom. The van der Waals surface area contributed by atoms with Crippen LogP contribution in [0.25, 0.3) is 22.3 Å². The second-order valence-corrected chi connectivity index (χ2v) is 4.63. The minimum atomic E-state index is 0.699. The molecule has 0 bridgehead atoms. The van der Waals surface area contributed by atoms with Crippen LogP contribution in [-0.4, -0.2) is 15.0 Å². The molecule has 0 aliphatic heterocycles. The first-order chi connectivity index (χ1) is 10.9. The van der Waals surface area contributed by atoms with Gasteiger partial charge in [-0.1, -0.05) is 60.7 Å². The number of nitrogens with zero attached hydrogens (tertiary/aromatic N) is 3. The van der Waals surface area contributed by atoms with Gasteiger partial charge in [-0.05, 0) is 23.3 Å². The molecule has 0 fully saturated rings. The molecule has 0 atom stereocenters. The highest BCUT2D eigenvalue weighted by molar-refractivity contribution is 5.68. The van der Waals surface area contributed by atoms with Gasteiger partial charge in [0.05, 0.1) is 0 Å². The highest BCUT2D eigenvalue weighted by Crippen LogP contribution is 2.17. The Hall–Kier alpha value is -3.07. The molecule has 22 heavy (non-hydrogen) atoms. The Kier molecular flexibility index (Phi) is 4.47. The second-order valence-electron chi connectivity index (χ2n) is 4.63. The average molecular weight is 285 g/mol. The minimum Gasteiger partial charge on any atom is -0.251 e. The Balaban J connectivity index is 0.000000133. The van der Waals surface area contributed by atoms with Crippen LogP contribution in [0.3, 0.4) is 0 Å². The average Bonchev–Trinajstić information content (AvgIpc) is 2.64. The zero-order valence-electron chi connectivity index (χ0n) is 12.0. The molecule has 2 aromatic carbocycles. The molecular formula is C19H15N3. The standard InChI is InChI=1S/C12H10.C7H5N3/c1-3-7-11(8-4-1)12-9-5-2-6-10-12;1-2-6-7(9-3-1)10-5-4-8-6/h1-10H;1-5H. The molecule has 2 aromatic heterocycles. The molecule has 0 N–H and O–H groups in total. The summed E-state index contributed by atoms with van der Waals surface area (Å²) in [7, 11) is 0. The van der Waals surface area contributed by atoms with Crippen LogP contribution in [0.1, 0.15) is 0 Å². The fourth-order valence-corrected chi connectivity index (χ4v) is 2.07. The summed E-state index contributed by atoms with van der Waals surface area (Å²) < 4.78 is 0. The monoisotopic (exact) mass is 285 g/mol. The third-order valence-electron chi connectivity index (χ3n) is 3.12. The quantitative estimate of drug-likeness (QED) is 0.521. The normalized spacial score (nSPS) is 9.82. The van der Waals surface area contributed by atoms with Gasteiger partial charge in [0.1, 0.15) is 5.52 Å². The van der Waals surface area contributed by atoms with Crippen LogP contribution in [0.15, 0.2) is 91.4 Å². The van der Waals surface area contributed by atoms with E-state index in [9.17, 15) is 0 Å². The van der Waals surface area contributed by atoms with E-state index in [1.165, 1.54) is 11.1 Å². The van der Waals surface area contributed by atoms with Gasteiger partial charge in [0.15, 0.2) is 5.65 Å². The van der Waals surface area contributed by atoms with Crippen molar-refractivity contribution in [2.75, 3.05) is 0 Å². The first kappa shape index (κ1) is 13.9. The maximum atomic E-state index is 4.06. The van der Waals surface area contributed by atoms with Crippen molar-refractivity contribution in [1.29, 1.82) is 0 Å². The van der Waals surface area contributed by atoms with Gasteiger partial charge in [0, 0.05) is 18.6 Å². The van der Waals surface area contributed by atoms with E-state index < -0.39 is 0 Å². The van der Waals surface area contributed by atoms with E-state index in [4.69, 9.17) is 0 Å². The van der Waals surface area contributed by atoms with Crippen molar-refractivity contribution < 1.29 is 0 Å². The molecule has 0 aliphatic rings. The van der Waals surface area contributed by atoms with Gasteiger partial charge >= 0.3 is 0 Å². The van der Waals surface area contributed by atoms with E-state index in [2.05, 4.69) is 63.5 Å². The van der Waals surface area contributed by atoms with Crippen LogP contribution in [0, 0.1) is 0 Å². The van der Waals surface area contributed by atoms with Gasteiger partial charge in [-0.15, -0.1) is 0 Å². The number of fused-ring (bicyclic) bond motifs is 1. The summed E-state index contributed by atoms with van der Waals surface area (Å²) in [6.45, 7) is 0. The lowest BCUT2D eigenvalue weighted by atomic mass is 10.1. The van der Waals surface area contributed by atoms with E-state index in [0.29, 0.717) is 5.65 Å². The molecule has 0 aliphatic carbocycles. The maximum absolute atomic E-state index is 4.06. The molecule has 0 unspecified atom stereocenters. The van der Waals surface area contributed by atoms with Crippen LogP contribution in [0.5, 0.6) is 0 Å². The van der Waals surface area contributed by atoms with Gasteiger partial charge in [-0.2, -0.15) is 0 Å². The Morgan fingerprint density at radius 2 is 1.00 bits per heavy atom. The Labute approximate surface area is 129 Å². The second kappa shape index (κ2) is 7.09. The van der Waals surface area contributed by atoms with Crippen molar-refractivity contribution in [3.8, 4) is 11.1 Å². The molecule has 106 valence electrons. The molecule has 0 radical (unpaired) electrons. The lowest BCUT2D eigenvalue weighted by molar-refractivity contribution is 1.22. The number of hydrogen-bond donors (Lipinski definition) is 0. The zero-order valence-corrected chi connectivity index (χ0v) is 12.0. The first-order valence-corrected chi connectivity index (χ1v) is 7.06. The zero-order chi connectivity index (χ0) is 15.0. The SMILES string of the molecule is c1ccc(-c2ccccc2)cc1.c1cnc2nccnc2c1. The number of rotatable bonds is 1. The predicted octanol–water partition coefficient (Wildman–Crippen LogP) is 4.38. The summed E-state index contributed by atoms with van der Waals surface area (Å²) in [5.41, 5.74) is 4.09. The summed E-state index contributed by atoms with van der Waals surface area (Å²) in [4.78, 5) is 12.1. The van der Waals surface area contributed by atoms with Crippen molar-refractivity contribution in [2.24, 2.45) is 0 Å². The lowest BCUT2D eigenvalue weighted by Crippen LogP contribution is -1.83. The first-order valence-electron chi connectivity index (χ1n) is 7.06. The number of hydrogen-bond acceptors (Lipinski definition) is 3. The minimum absolute atomic E-state index is 0.699. The van der Waals surface area contributed by atoms with E-state index in [-0.39, 0.29) is 0 Å². The van der Waals surface area contributed by atoms with Crippen molar-refractivity contribution in [2.45, 2.75) is 0 Å². The van der Waals surface area contributed by atoms with E-state index in [0.717, 1.165) is 5.52 Å². The van der Waals surface area contributed by atoms with E-state index in [1.807, 2.05) is 24.3 Å². The maximum Gasteiger partial charge on any atom is 0.178 e. The van der Waals surface area contributed by atoms with Crippen LogP contribution < -0.4 is 0 Å². The van der Waals surface area contributed by atoms with Gasteiger partial charge in [0.2, 0.25) is 0 Å². The fraction of sp³-hybridized carbons (Fsp3) is 0. The van der Waals surface area contributed by atoms with Crippen molar-refractivity contribution in [1.82, 2.24) is 15.0 Å². The van der Waals surface area contributed by atoms with Crippen LogP contribution >= 0.6 is 0 Å². The molecule has 0 amide bonds. The van der Waals surface area contributed by atoms with E-state index in [1.54, 1.807) is 18.6 Å². The number of pyridine rings is 1. The summed E-state index contributed by atoms with van der Waals surface area (Å²) in [5, 5.41) is 0. The van der Waals surface area contributed by atoms with Crippen LogP contribution in [0.2, 0.25) is 0 Å². The number of benzene rings is 2. The van der Waals surface area contributed by atoms with Crippen LogP contribution in [0.4, 0.5) is 0 Å². The Bertz CT molecular complexity index is 727. The molecule has 4 aromatic rings. The summed E-state index contributed by atoms with van der Waals surface area (Å²) in [5.74, 6) is 0. The van der Waals surface area contributed by atoms with Gasteiger partial charge in [-0.3, -0.25) is 4.98 Å². The largest absolute Gasteiger partial charge is 0.251 e.